The molecule has 30 heavy (non-hydrogen) atoms. The molecule has 1 aromatic carbocycles. The van der Waals surface area contributed by atoms with Crippen LogP contribution in [0.1, 0.15) is 40.3 Å². The van der Waals surface area contributed by atoms with Gasteiger partial charge in [-0.1, -0.05) is 0 Å². The number of fused-ring (bicyclic) bond motifs is 5. The van der Waals surface area contributed by atoms with E-state index in [2.05, 4.69) is 10.1 Å². The molecule has 1 aliphatic rings. The molecule has 0 saturated heterocycles. The second kappa shape index (κ2) is 7.04. The quantitative estimate of drug-likeness (QED) is 0.544. The van der Waals surface area contributed by atoms with Crippen LogP contribution in [0.25, 0.3) is 11.1 Å². The van der Waals surface area contributed by atoms with Crippen molar-refractivity contribution in [3.63, 3.8) is 0 Å². The molecule has 1 aliphatic heterocycles. The molecule has 0 fully saturated rings. The zero-order valence-corrected chi connectivity index (χ0v) is 16.3. The van der Waals surface area contributed by atoms with Crippen LogP contribution in [0.4, 0.5) is 10.2 Å². The number of rotatable bonds is 0. The highest BCUT2D eigenvalue weighted by atomic mass is 19.1. The van der Waals surface area contributed by atoms with Crippen LogP contribution in [-0.4, -0.2) is 32.7 Å². The van der Waals surface area contributed by atoms with Gasteiger partial charge in [0.2, 0.25) is 0 Å². The molecule has 2 aromatic heterocycles. The number of nitrogen functional groups attached to an aromatic ring is 2. The second-order valence-electron chi connectivity index (χ2n) is 6.99. The number of anilines is 1. The average Bonchev–Trinajstić information content (AvgIpc) is 3.03. The van der Waals surface area contributed by atoms with Crippen molar-refractivity contribution in [2.24, 2.45) is 0 Å². The summed E-state index contributed by atoms with van der Waals surface area (Å²) >= 11 is 0. The van der Waals surface area contributed by atoms with Gasteiger partial charge in [0.1, 0.15) is 18.0 Å². The molecular formula is C20H18FN7O2. The summed E-state index contributed by atoms with van der Waals surface area (Å²) in [6.07, 6.45) is 0.786. The molecule has 0 saturated carbocycles. The SMILES string of the molecule is C[C@H]1Oc2cc(cnc2N)-c2c(nn(N)c2C#N)CN(C)C(=O)c2ccc(F)cc21. The van der Waals surface area contributed by atoms with Crippen LogP contribution in [-0.2, 0) is 6.54 Å². The summed E-state index contributed by atoms with van der Waals surface area (Å²) in [6, 6.07) is 7.55. The maximum atomic E-state index is 14.0. The molecule has 1 amide bonds. The van der Waals surface area contributed by atoms with Crippen molar-refractivity contribution in [2.75, 3.05) is 18.6 Å². The van der Waals surface area contributed by atoms with Crippen molar-refractivity contribution < 1.29 is 13.9 Å². The number of carbonyl (C=O) groups excluding carboxylic acids is 1. The van der Waals surface area contributed by atoms with E-state index in [9.17, 15) is 14.4 Å². The number of nitriles is 1. The highest BCUT2D eigenvalue weighted by Gasteiger charge is 2.27. The number of nitrogens with two attached hydrogens (primary N) is 2. The lowest BCUT2D eigenvalue weighted by molar-refractivity contribution is 0.0778. The minimum atomic E-state index is -0.695. The number of carbonyl (C=O) groups is 1. The molecular weight excluding hydrogens is 389 g/mol. The Hall–Kier alpha value is -4.13. The van der Waals surface area contributed by atoms with E-state index < -0.39 is 11.9 Å². The van der Waals surface area contributed by atoms with Gasteiger partial charge in [-0.15, -0.1) is 0 Å². The second-order valence-corrected chi connectivity index (χ2v) is 6.99. The number of nitrogens with zero attached hydrogens (tertiary/aromatic N) is 5. The first kappa shape index (κ1) is 19.2. The van der Waals surface area contributed by atoms with E-state index in [1.807, 2.05) is 6.07 Å². The fourth-order valence-electron chi connectivity index (χ4n) is 3.51. The van der Waals surface area contributed by atoms with E-state index in [4.69, 9.17) is 16.3 Å². The van der Waals surface area contributed by atoms with Gasteiger partial charge in [0.15, 0.2) is 17.3 Å². The Morgan fingerprint density at radius 2 is 2.13 bits per heavy atom. The lowest BCUT2D eigenvalue weighted by atomic mass is 10.00. The molecule has 10 heteroatoms. The standard InChI is InChI=1S/C20H18FN7O2/c1-10-14-6-12(21)3-4-13(14)20(29)27(2)9-15-18(16(7-22)28(24)26-15)11-5-17(30-10)19(23)25-8-11/h3-6,8,10H,9,24H2,1-2H3,(H2,23,25)/t10-/m1/s1. The highest BCUT2D eigenvalue weighted by molar-refractivity contribution is 5.95. The summed E-state index contributed by atoms with van der Waals surface area (Å²) in [4.78, 5) is 19.7. The van der Waals surface area contributed by atoms with Crippen molar-refractivity contribution in [1.82, 2.24) is 19.8 Å². The Bertz CT molecular complexity index is 1210. The van der Waals surface area contributed by atoms with Crippen LogP contribution in [0, 0.1) is 17.1 Å². The number of benzene rings is 1. The summed E-state index contributed by atoms with van der Waals surface area (Å²) < 4.78 is 19.9. The first-order valence-corrected chi connectivity index (χ1v) is 9.04. The Morgan fingerprint density at radius 1 is 1.37 bits per heavy atom. The van der Waals surface area contributed by atoms with Gasteiger partial charge < -0.3 is 21.2 Å². The van der Waals surface area contributed by atoms with E-state index in [0.717, 1.165) is 4.79 Å². The third-order valence-electron chi connectivity index (χ3n) is 4.98. The normalized spacial score (nSPS) is 15.9. The van der Waals surface area contributed by atoms with Crippen molar-refractivity contribution in [1.29, 1.82) is 5.26 Å². The van der Waals surface area contributed by atoms with Gasteiger partial charge in [-0.25, -0.2) is 9.37 Å². The highest BCUT2D eigenvalue weighted by Crippen LogP contribution is 2.35. The van der Waals surface area contributed by atoms with Crippen molar-refractivity contribution in [2.45, 2.75) is 19.6 Å². The van der Waals surface area contributed by atoms with Crippen molar-refractivity contribution >= 4 is 11.7 Å². The predicted octanol–water partition coefficient (Wildman–Crippen LogP) is 1.98. The van der Waals surface area contributed by atoms with Crippen LogP contribution in [0.3, 0.4) is 0 Å². The van der Waals surface area contributed by atoms with Gasteiger partial charge in [0, 0.05) is 35.5 Å². The summed E-state index contributed by atoms with van der Waals surface area (Å²) in [6.45, 7) is 1.76. The van der Waals surface area contributed by atoms with Crippen LogP contribution < -0.4 is 16.3 Å². The van der Waals surface area contributed by atoms with Crippen molar-refractivity contribution in [3.05, 3.63) is 58.8 Å². The molecule has 152 valence electrons. The Morgan fingerprint density at radius 3 is 2.87 bits per heavy atom. The lowest BCUT2D eigenvalue weighted by Gasteiger charge is -2.23. The van der Waals surface area contributed by atoms with Gasteiger partial charge in [-0.2, -0.15) is 15.2 Å². The van der Waals surface area contributed by atoms with Gasteiger partial charge in [0.05, 0.1) is 12.2 Å². The smallest absolute Gasteiger partial charge is 0.254 e. The third-order valence-corrected chi connectivity index (χ3v) is 4.98. The summed E-state index contributed by atoms with van der Waals surface area (Å²) in [5, 5.41) is 13.8. The number of pyridine rings is 1. The maximum absolute atomic E-state index is 14.0. The number of halogens is 1. The van der Waals surface area contributed by atoms with Gasteiger partial charge in [0.25, 0.3) is 5.91 Å². The molecule has 0 aliphatic carbocycles. The van der Waals surface area contributed by atoms with E-state index in [-0.39, 0.29) is 35.3 Å². The number of ether oxygens (including phenoxy) is 1. The number of hydrogen-bond acceptors (Lipinski definition) is 7. The van der Waals surface area contributed by atoms with Crippen LogP contribution >= 0.6 is 0 Å². The molecule has 0 unspecified atom stereocenters. The van der Waals surface area contributed by atoms with Crippen LogP contribution in [0.2, 0.25) is 0 Å². The number of hydrogen-bond donors (Lipinski definition) is 2. The predicted molar refractivity (Wildman–Crippen MR) is 106 cm³/mol. The van der Waals surface area contributed by atoms with E-state index >= 15 is 0 Å². The fraction of sp³-hybridized carbons (Fsp3) is 0.200. The minimum Gasteiger partial charge on any atom is -0.482 e. The fourth-order valence-corrected chi connectivity index (χ4v) is 3.51. The molecule has 1 atom stereocenters. The van der Waals surface area contributed by atoms with E-state index in [0.29, 0.717) is 22.4 Å². The number of aromatic nitrogens is 3. The third kappa shape index (κ3) is 3.06. The van der Waals surface area contributed by atoms with Gasteiger partial charge in [-0.3, -0.25) is 4.79 Å². The molecule has 0 radical (unpaired) electrons. The topological polar surface area (TPSA) is 136 Å². The molecule has 9 nitrogen and oxygen atoms in total. The molecule has 0 spiro atoms. The summed E-state index contributed by atoms with van der Waals surface area (Å²) in [5.74, 6) is 5.37. The Balaban J connectivity index is 1.98. The molecule has 3 aromatic rings. The maximum Gasteiger partial charge on any atom is 0.254 e. The number of amides is 1. The molecule has 4 N–H and O–H groups in total. The monoisotopic (exact) mass is 407 g/mol. The molecule has 2 bridgehead atoms. The van der Waals surface area contributed by atoms with Gasteiger partial charge >= 0.3 is 0 Å². The first-order chi connectivity index (χ1) is 14.3. The van der Waals surface area contributed by atoms with Crippen LogP contribution in [0.5, 0.6) is 5.75 Å². The Labute approximate surface area is 171 Å². The summed E-state index contributed by atoms with van der Waals surface area (Å²) in [7, 11) is 1.59. The lowest BCUT2D eigenvalue weighted by Crippen LogP contribution is -2.28. The van der Waals surface area contributed by atoms with E-state index in [1.54, 1.807) is 20.0 Å². The largest absolute Gasteiger partial charge is 0.482 e. The van der Waals surface area contributed by atoms with Gasteiger partial charge in [-0.05, 0) is 31.2 Å². The van der Waals surface area contributed by atoms with E-state index in [1.165, 1.54) is 29.3 Å². The zero-order valence-electron chi connectivity index (χ0n) is 16.3. The Kier molecular flexibility index (Phi) is 4.50. The van der Waals surface area contributed by atoms with Crippen LogP contribution in [0.15, 0.2) is 30.5 Å². The average molecular weight is 407 g/mol. The zero-order chi connectivity index (χ0) is 21.6. The summed E-state index contributed by atoms with van der Waals surface area (Å²) in [5.41, 5.74) is 8.09. The first-order valence-electron chi connectivity index (χ1n) is 9.04. The molecule has 4 rings (SSSR count). The molecule has 3 heterocycles. The van der Waals surface area contributed by atoms with Crippen molar-refractivity contribution in [3.8, 4) is 22.9 Å². The minimum absolute atomic E-state index is 0.0683.